The van der Waals surface area contributed by atoms with Crippen LogP contribution in [0, 0.1) is 0 Å². The average molecular weight is 289 g/mol. The third-order valence-corrected chi connectivity index (χ3v) is 4.37. The number of anilines is 1. The molecule has 2 N–H and O–H groups in total. The Hall–Kier alpha value is -1.66. The zero-order valence-electron chi connectivity index (χ0n) is 11.8. The first-order valence-electron chi connectivity index (χ1n) is 6.89. The normalized spacial score (nSPS) is 18.1. The molecule has 106 valence electrons. The Bertz CT molecular complexity index is 614. The van der Waals surface area contributed by atoms with Crippen LogP contribution in [0.15, 0.2) is 28.8 Å². The molecular weight excluding hydrogens is 270 g/mol. The standard InChI is InChI=1S/C14H19N5S/c1-3-4-6-10-17-14-12(16-9-18(14)2)13(15)19(10)11-7-5-8-20-11/h5,7-9,13H,3-4,6,15H2,1-2H3. The number of imidazole rings is 1. The van der Waals surface area contributed by atoms with Gasteiger partial charge in [0.05, 0.1) is 11.3 Å². The lowest BCUT2D eigenvalue weighted by atomic mass is 10.1. The van der Waals surface area contributed by atoms with Gasteiger partial charge >= 0.3 is 0 Å². The van der Waals surface area contributed by atoms with Crippen LogP contribution in [0.4, 0.5) is 10.8 Å². The van der Waals surface area contributed by atoms with Gasteiger partial charge in [-0.05, 0) is 23.9 Å². The zero-order valence-corrected chi connectivity index (χ0v) is 12.6. The Morgan fingerprint density at radius 3 is 3.00 bits per heavy atom. The summed E-state index contributed by atoms with van der Waals surface area (Å²) in [6.45, 7) is 2.19. The lowest BCUT2D eigenvalue weighted by molar-refractivity contribution is 0.700. The Labute approximate surface area is 122 Å². The van der Waals surface area contributed by atoms with E-state index in [1.54, 1.807) is 17.7 Å². The number of thiophene rings is 1. The molecule has 0 radical (unpaired) electrons. The van der Waals surface area contributed by atoms with Gasteiger partial charge in [-0.2, -0.15) is 0 Å². The molecule has 1 unspecified atom stereocenters. The third-order valence-electron chi connectivity index (χ3n) is 3.50. The summed E-state index contributed by atoms with van der Waals surface area (Å²) in [6, 6.07) is 4.12. The summed E-state index contributed by atoms with van der Waals surface area (Å²) < 4.78 is 1.94. The van der Waals surface area contributed by atoms with Crippen molar-refractivity contribution in [2.24, 2.45) is 17.8 Å². The largest absolute Gasteiger partial charge is 0.319 e. The van der Waals surface area contributed by atoms with E-state index in [0.717, 1.165) is 41.6 Å². The SMILES string of the molecule is CCCCC1=Nc2c(ncn2C)C(N)N1c1cccs1. The number of nitrogens with two attached hydrogens (primary N) is 1. The maximum Gasteiger partial charge on any atom is 0.160 e. The van der Waals surface area contributed by atoms with Crippen molar-refractivity contribution in [1.29, 1.82) is 0 Å². The van der Waals surface area contributed by atoms with Gasteiger partial charge in [0.15, 0.2) is 5.82 Å². The molecule has 2 aromatic rings. The molecule has 0 aromatic carbocycles. The molecule has 1 aliphatic rings. The summed E-state index contributed by atoms with van der Waals surface area (Å²) in [5, 5.41) is 3.19. The molecule has 6 heteroatoms. The summed E-state index contributed by atoms with van der Waals surface area (Å²) in [6.07, 6.45) is 4.72. The Balaban J connectivity index is 2.04. The number of fused-ring (bicyclic) bond motifs is 1. The molecular formula is C14H19N5S. The first-order chi connectivity index (χ1) is 9.72. The number of nitrogens with zero attached hydrogens (tertiary/aromatic N) is 4. The average Bonchev–Trinajstić information content (AvgIpc) is 3.07. The molecule has 0 saturated carbocycles. The number of unbranched alkanes of at least 4 members (excludes halogenated alkanes) is 1. The van der Waals surface area contributed by atoms with Crippen LogP contribution in [0.2, 0.25) is 0 Å². The topological polar surface area (TPSA) is 59.4 Å². The fourth-order valence-electron chi connectivity index (χ4n) is 2.43. The van der Waals surface area contributed by atoms with Gasteiger partial charge in [-0.1, -0.05) is 13.3 Å². The molecule has 3 heterocycles. The van der Waals surface area contributed by atoms with Gasteiger partial charge < -0.3 is 10.3 Å². The van der Waals surface area contributed by atoms with E-state index in [9.17, 15) is 0 Å². The van der Waals surface area contributed by atoms with Crippen LogP contribution in [0.3, 0.4) is 0 Å². The van der Waals surface area contributed by atoms with Crippen molar-refractivity contribution in [3.8, 4) is 0 Å². The third kappa shape index (κ3) is 2.14. The Morgan fingerprint density at radius 1 is 1.45 bits per heavy atom. The quantitative estimate of drug-likeness (QED) is 0.940. The number of amidine groups is 1. The maximum absolute atomic E-state index is 6.43. The second-order valence-electron chi connectivity index (χ2n) is 4.96. The number of hydrogen-bond acceptors (Lipinski definition) is 5. The number of aryl methyl sites for hydroxylation is 1. The molecule has 1 aliphatic heterocycles. The highest BCUT2D eigenvalue weighted by atomic mass is 32.1. The fourth-order valence-corrected chi connectivity index (χ4v) is 3.21. The van der Waals surface area contributed by atoms with Crippen molar-refractivity contribution >= 4 is 28.0 Å². The first-order valence-corrected chi connectivity index (χ1v) is 7.77. The van der Waals surface area contributed by atoms with Crippen LogP contribution >= 0.6 is 11.3 Å². The predicted octanol–water partition coefficient (Wildman–Crippen LogP) is 3.18. The highest BCUT2D eigenvalue weighted by molar-refractivity contribution is 7.14. The minimum absolute atomic E-state index is 0.255. The summed E-state index contributed by atoms with van der Waals surface area (Å²) in [5.41, 5.74) is 7.28. The molecule has 20 heavy (non-hydrogen) atoms. The molecule has 0 spiro atoms. The maximum atomic E-state index is 6.43. The van der Waals surface area contributed by atoms with Crippen LogP contribution in [0.1, 0.15) is 38.0 Å². The van der Waals surface area contributed by atoms with Gasteiger partial charge in [0.2, 0.25) is 0 Å². The van der Waals surface area contributed by atoms with Gasteiger partial charge in [-0.3, -0.25) is 4.90 Å². The monoisotopic (exact) mass is 289 g/mol. The lowest BCUT2D eigenvalue weighted by Crippen LogP contribution is -2.41. The zero-order chi connectivity index (χ0) is 14.1. The van der Waals surface area contributed by atoms with Crippen molar-refractivity contribution in [2.75, 3.05) is 4.90 Å². The molecule has 1 atom stereocenters. The smallest absolute Gasteiger partial charge is 0.160 e. The number of hydrogen-bond donors (Lipinski definition) is 1. The van der Waals surface area contributed by atoms with E-state index < -0.39 is 0 Å². The predicted molar refractivity (Wildman–Crippen MR) is 83.6 cm³/mol. The van der Waals surface area contributed by atoms with Crippen molar-refractivity contribution in [1.82, 2.24) is 9.55 Å². The fraction of sp³-hybridized carbons (Fsp3) is 0.429. The minimum Gasteiger partial charge on any atom is -0.319 e. The molecule has 0 amide bonds. The van der Waals surface area contributed by atoms with Gasteiger partial charge in [0, 0.05) is 13.5 Å². The van der Waals surface area contributed by atoms with Crippen LogP contribution in [0.5, 0.6) is 0 Å². The highest BCUT2D eigenvalue weighted by Gasteiger charge is 2.31. The Morgan fingerprint density at radius 2 is 2.30 bits per heavy atom. The van der Waals surface area contributed by atoms with Gasteiger partial charge in [-0.15, -0.1) is 11.3 Å². The number of aliphatic imine (C=N–C) groups is 1. The van der Waals surface area contributed by atoms with Crippen molar-refractivity contribution in [3.63, 3.8) is 0 Å². The second kappa shape index (κ2) is 5.38. The molecule has 0 fully saturated rings. The lowest BCUT2D eigenvalue weighted by Gasteiger charge is -2.33. The summed E-state index contributed by atoms with van der Waals surface area (Å²) in [7, 11) is 1.96. The van der Waals surface area contributed by atoms with Crippen molar-refractivity contribution in [3.05, 3.63) is 29.5 Å². The van der Waals surface area contributed by atoms with Crippen LogP contribution in [0.25, 0.3) is 0 Å². The van der Waals surface area contributed by atoms with Gasteiger partial charge in [0.25, 0.3) is 0 Å². The van der Waals surface area contributed by atoms with Crippen LogP contribution in [-0.2, 0) is 7.05 Å². The van der Waals surface area contributed by atoms with Crippen molar-refractivity contribution < 1.29 is 0 Å². The van der Waals surface area contributed by atoms with E-state index in [2.05, 4.69) is 28.3 Å². The summed E-state index contributed by atoms with van der Waals surface area (Å²) in [5.74, 6) is 1.93. The van der Waals surface area contributed by atoms with E-state index in [4.69, 9.17) is 10.7 Å². The van der Waals surface area contributed by atoms with Crippen LogP contribution in [-0.4, -0.2) is 15.4 Å². The molecule has 0 aliphatic carbocycles. The molecule has 5 nitrogen and oxygen atoms in total. The summed E-state index contributed by atoms with van der Waals surface area (Å²) >= 11 is 1.68. The summed E-state index contributed by atoms with van der Waals surface area (Å²) in [4.78, 5) is 11.3. The van der Waals surface area contributed by atoms with Gasteiger partial charge in [-0.25, -0.2) is 9.98 Å². The van der Waals surface area contributed by atoms with E-state index in [1.807, 2.05) is 17.7 Å². The molecule has 3 rings (SSSR count). The minimum atomic E-state index is -0.255. The van der Waals surface area contributed by atoms with E-state index >= 15 is 0 Å². The van der Waals surface area contributed by atoms with Crippen molar-refractivity contribution in [2.45, 2.75) is 32.4 Å². The molecule has 0 bridgehead atoms. The van der Waals surface area contributed by atoms with E-state index in [1.165, 1.54) is 0 Å². The van der Waals surface area contributed by atoms with Crippen LogP contribution < -0.4 is 10.6 Å². The highest BCUT2D eigenvalue weighted by Crippen LogP contribution is 2.36. The second-order valence-corrected chi connectivity index (χ2v) is 5.89. The Kier molecular flexibility index (Phi) is 3.58. The molecule has 0 saturated heterocycles. The number of rotatable bonds is 4. The van der Waals surface area contributed by atoms with Gasteiger partial charge in [0.1, 0.15) is 17.7 Å². The van der Waals surface area contributed by atoms with E-state index in [-0.39, 0.29) is 6.17 Å². The first kappa shape index (κ1) is 13.3. The van der Waals surface area contributed by atoms with E-state index in [0.29, 0.717) is 0 Å². The molecule has 2 aromatic heterocycles. The number of aromatic nitrogens is 2.